The second-order valence-electron chi connectivity index (χ2n) is 4.71. The van der Waals surface area contributed by atoms with Crippen LogP contribution in [-0.4, -0.2) is 66.6 Å². The fraction of sp³-hybridized carbons (Fsp3) is 0.818. The number of sulfonamides is 1. The van der Waals surface area contributed by atoms with E-state index in [4.69, 9.17) is 5.11 Å². The van der Waals surface area contributed by atoms with Gasteiger partial charge in [0.15, 0.2) is 0 Å². The van der Waals surface area contributed by atoms with Crippen molar-refractivity contribution in [2.24, 2.45) is 0 Å². The molecule has 1 heterocycles. The fourth-order valence-corrected chi connectivity index (χ4v) is 3.76. The highest BCUT2D eigenvalue weighted by Gasteiger charge is 2.37. The first-order valence-corrected chi connectivity index (χ1v) is 9.50. The Morgan fingerprint density at radius 2 is 2.15 bits per heavy atom. The Hall–Kier alpha value is -0.800. The van der Waals surface area contributed by atoms with Crippen LogP contribution >= 0.6 is 11.8 Å². The molecule has 9 heteroatoms. The molecule has 0 aromatic rings. The second kappa shape index (κ2) is 7.28. The van der Waals surface area contributed by atoms with Crippen molar-refractivity contribution in [3.05, 3.63) is 0 Å². The van der Waals surface area contributed by atoms with E-state index in [1.54, 1.807) is 0 Å². The number of nitrogens with one attached hydrogen (secondary N) is 1. The standard InChI is InChI=1S/C11H20N2O5S2/c1-19-7-5-8(11(15)16)12-10(14)9-4-3-6-13(9)20(2,17)18/h8-9H,3-7H2,1-2H3,(H,12,14)(H,15,16). The minimum absolute atomic E-state index is 0.305. The third-order valence-electron chi connectivity index (χ3n) is 3.16. The molecule has 0 aromatic heterocycles. The van der Waals surface area contributed by atoms with Crippen LogP contribution in [0, 0.1) is 0 Å². The molecule has 116 valence electrons. The van der Waals surface area contributed by atoms with E-state index in [2.05, 4.69) is 5.32 Å². The van der Waals surface area contributed by atoms with Crippen LogP contribution in [0.15, 0.2) is 0 Å². The number of hydrogen-bond donors (Lipinski definition) is 2. The first-order chi connectivity index (χ1) is 9.27. The number of hydrogen-bond acceptors (Lipinski definition) is 5. The molecule has 1 fully saturated rings. The van der Waals surface area contributed by atoms with Gasteiger partial charge in [-0.05, 0) is 31.3 Å². The molecule has 0 bridgehead atoms. The van der Waals surface area contributed by atoms with Gasteiger partial charge in [0.25, 0.3) is 0 Å². The maximum absolute atomic E-state index is 12.1. The molecule has 1 rings (SSSR count). The van der Waals surface area contributed by atoms with Gasteiger partial charge >= 0.3 is 5.97 Å². The molecule has 2 atom stereocenters. The third kappa shape index (κ3) is 4.64. The molecule has 1 amide bonds. The van der Waals surface area contributed by atoms with Crippen LogP contribution < -0.4 is 5.32 Å². The van der Waals surface area contributed by atoms with Crippen molar-refractivity contribution in [1.29, 1.82) is 0 Å². The Kier molecular flexibility index (Phi) is 6.28. The summed E-state index contributed by atoms with van der Waals surface area (Å²) >= 11 is 1.49. The van der Waals surface area contributed by atoms with E-state index in [1.165, 1.54) is 11.8 Å². The van der Waals surface area contributed by atoms with Crippen LogP contribution in [-0.2, 0) is 19.6 Å². The van der Waals surface area contributed by atoms with Crippen molar-refractivity contribution < 1.29 is 23.1 Å². The molecule has 7 nitrogen and oxygen atoms in total. The Morgan fingerprint density at radius 3 is 2.65 bits per heavy atom. The first kappa shape index (κ1) is 17.3. The van der Waals surface area contributed by atoms with E-state index in [0.717, 1.165) is 10.6 Å². The number of rotatable bonds is 7. The highest BCUT2D eigenvalue weighted by molar-refractivity contribution is 7.98. The second-order valence-corrected chi connectivity index (χ2v) is 7.63. The van der Waals surface area contributed by atoms with E-state index in [0.29, 0.717) is 31.6 Å². The van der Waals surface area contributed by atoms with Crippen LogP contribution in [0.2, 0.25) is 0 Å². The number of carbonyl (C=O) groups excluding carboxylic acids is 1. The topological polar surface area (TPSA) is 104 Å². The molecule has 0 aliphatic carbocycles. The van der Waals surface area contributed by atoms with Gasteiger partial charge < -0.3 is 10.4 Å². The lowest BCUT2D eigenvalue weighted by atomic mass is 10.1. The summed E-state index contributed by atoms with van der Waals surface area (Å²) in [4.78, 5) is 23.2. The van der Waals surface area contributed by atoms with Crippen LogP contribution in [0.4, 0.5) is 0 Å². The summed E-state index contributed by atoms with van der Waals surface area (Å²) in [6.07, 6.45) is 4.25. The number of amides is 1. The number of nitrogens with zero attached hydrogens (tertiary/aromatic N) is 1. The lowest BCUT2D eigenvalue weighted by Crippen LogP contribution is -2.50. The van der Waals surface area contributed by atoms with Crippen LogP contribution in [0.1, 0.15) is 19.3 Å². The first-order valence-electron chi connectivity index (χ1n) is 6.26. The van der Waals surface area contributed by atoms with Gasteiger partial charge in [-0.1, -0.05) is 0 Å². The summed E-state index contributed by atoms with van der Waals surface area (Å²) in [7, 11) is -3.45. The van der Waals surface area contributed by atoms with Gasteiger partial charge in [0.05, 0.1) is 6.26 Å². The minimum Gasteiger partial charge on any atom is -0.480 e. The zero-order chi connectivity index (χ0) is 15.3. The summed E-state index contributed by atoms with van der Waals surface area (Å²) in [6, 6.07) is -1.77. The van der Waals surface area contributed by atoms with Crippen LogP contribution in [0.3, 0.4) is 0 Å². The van der Waals surface area contributed by atoms with Gasteiger partial charge in [0.2, 0.25) is 15.9 Å². The number of carbonyl (C=O) groups is 2. The summed E-state index contributed by atoms with van der Waals surface area (Å²) < 4.78 is 24.3. The van der Waals surface area contributed by atoms with E-state index in [1.807, 2.05) is 6.26 Å². The molecular weight excluding hydrogens is 304 g/mol. The van der Waals surface area contributed by atoms with E-state index >= 15 is 0 Å². The predicted molar refractivity (Wildman–Crippen MR) is 77.1 cm³/mol. The quantitative estimate of drug-likeness (QED) is 0.668. The average Bonchev–Trinajstić information content (AvgIpc) is 2.82. The van der Waals surface area contributed by atoms with Gasteiger partial charge in [-0.15, -0.1) is 0 Å². The van der Waals surface area contributed by atoms with Crippen molar-refractivity contribution >= 4 is 33.7 Å². The maximum atomic E-state index is 12.1. The smallest absolute Gasteiger partial charge is 0.326 e. The number of carboxylic acids is 1. The van der Waals surface area contributed by atoms with Crippen molar-refractivity contribution in [2.75, 3.05) is 24.8 Å². The monoisotopic (exact) mass is 324 g/mol. The summed E-state index contributed by atoms with van der Waals surface area (Å²) in [5.74, 6) is -1.02. The summed E-state index contributed by atoms with van der Waals surface area (Å²) in [6.45, 7) is 0.305. The SMILES string of the molecule is CSCCC(NC(=O)C1CCCN1S(C)(=O)=O)C(=O)O. The Morgan fingerprint density at radius 1 is 1.50 bits per heavy atom. The highest BCUT2D eigenvalue weighted by atomic mass is 32.2. The van der Waals surface area contributed by atoms with Gasteiger partial charge in [-0.2, -0.15) is 16.1 Å². The number of carboxylic acid groups (broad SMARTS) is 1. The normalized spacial score (nSPS) is 21.6. The Bertz CT molecular complexity index is 465. The zero-order valence-corrected chi connectivity index (χ0v) is 13.2. The Balaban J connectivity index is 2.71. The lowest BCUT2D eigenvalue weighted by Gasteiger charge is -2.23. The largest absolute Gasteiger partial charge is 0.480 e. The maximum Gasteiger partial charge on any atom is 0.326 e. The van der Waals surface area contributed by atoms with E-state index < -0.39 is 34.0 Å². The van der Waals surface area contributed by atoms with Crippen molar-refractivity contribution in [1.82, 2.24) is 9.62 Å². The molecule has 1 saturated heterocycles. The molecule has 0 spiro atoms. The predicted octanol–water partition coefficient (Wildman–Crippen LogP) is -0.267. The average molecular weight is 324 g/mol. The van der Waals surface area contributed by atoms with Gasteiger partial charge in [0.1, 0.15) is 12.1 Å². The molecule has 20 heavy (non-hydrogen) atoms. The van der Waals surface area contributed by atoms with E-state index in [9.17, 15) is 18.0 Å². The molecule has 2 unspecified atom stereocenters. The summed E-state index contributed by atoms with van der Waals surface area (Å²) in [5.41, 5.74) is 0. The number of thioether (sulfide) groups is 1. The number of aliphatic carboxylic acids is 1. The molecule has 0 radical (unpaired) electrons. The van der Waals surface area contributed by atoms with Crippen molar-refractivity contribution in [2.45, 2.75) is 31.3 Å². The Labute approximate surface area is 123 Å². The molecule has 1 aliphatic rings. The van der Waals surface area contributed by atoms with Gasteiger partial charge in [-0.3, -0.25) is 4.79 Å². The zero-order valence-electron chi connectivity index (χ0n) is 11.5. The van der Waals surface area contributed by atoms with Crippen LogP contribution in [0.5, 0.6) is 0 Å². The summed E-state index contributed by atoms with van der Waals surface area (Å²) in [5, 5.41) is 11.5. The lowest BCUT2D eigenvalue weighted by molar-refractivity contribution is -0.142. The van der Waals surface area contributed by atoms with Crippen LogP contribution in [0.25, 0.3) is 0 Å². The third-order valence-corrected chi connectivity index (χ3v) is 5.09. The molecule has 0 aromatic carbocycles. The molecule has 0 saturated carbocycles. The molecule has 2 N–H and O–H groups in total. The van der Waals surface area contributed by atoms with Crippen molar-refractivity contribution in [3.8, 4) is 0 Å². The van der Waals surface area contributed by atoms with E-state index in [-0.39, 0.29) is 0 Å². The van der Waals surface area contributed by atoms with Gasteiger partial charge in [0, 0.05) is 6.54 Å². The fourth-order valence-electron chi connectivity index (χ4n) is 2.16. The molecular formula is C11H20N2O5S2. The minimum atomic E-state index is -3.45. The van der Waals surface area contributed by atoms with Gasteiger partial charge in [-0.25, -0.2) is 13.2 Å². The molecule has 1 aliphatic heterocycles. The highest BCUT2D eigenvalue weighted by Crippen LogP contribution is 2.20. The van der Waals surface area contributed by atoms with Crippen molar-refractivity contribution in [3.63, 3.8) is 0 Å².